The van der Waals surface area contributed by atoms with Crippen molar-refractivity contribution in [2.75, 3.05) is 19.8 Å². The molecule has 4 nitrogen and oxygen atoms in total. The Morgan fingerprint density at radius 1 is 1.43 bits per heavy atom. The van der Waals surface area contributed by atoms with E-state index in [-0.39, 0.29) is 24.4 Å². The van der Waals surface area contributed by atoms with Crippen LogP contribution in [-0.2, 0) is 16.0 Å². The van der Waals surface area contributed by atoms with E-state index in [0.717, 1.165) is 18.4 Å². The fourth-order valence-electron chi connectivity index (χ4n) is 2.68. The van der Waals surface area contributed by atoms with Crippen molar-refractivity contribution in [2.24, 2.45) is 0 Å². The van der Waals surface area contributed by atoms with Crippen molar-refractivity contribution in [3.63, 3.8) is 0 Å². The minimum Gasteiger partial charge on any atom is -0.394 e. The molecule has 0 radical (unpaired) electrons. The lowest BCUT2D eigenvalue weighted by Gasteiger charge is -2.37. The van der Waals surface area contributed by atoms with Gasteiger partial charge in [0.1, 0.15) is 11.9 Å². The van der Waals surface area contributed by atoms with E-state index in [1.165, 1.54) is 12.1 Å². The largest absolute Gasteiger partial charge is 0.394 e. The van der Waals surface area contributed by atoms with Gasteiger partial charge in [0.15, 0.2) is 0 Å². The second-order valence-electron chi connectivity index (χ2n) is 5.35. The van der Waals surface area contributed by atoms with Crippen molar-refractivity contribution in [1.29, 1.82) is 0 Å². The van der Waals surface area contributed by atoms with Crippen LogP contribution in [0.15, 0.2) is 24.3 Å². The molecule has 1 aromatic rings. The monoisotopic (exact) mass is 295 g/mol. The van der Waals surface area contributed by atoms with Crippen molar-refractivity contribution in [2.45, 2.75) is 38.3 Å². The maximum atomic E-state index is 12.9. The fraction of sp³-hybridized carbons (Fsp3) is 0.562. The number of aliphatic hydroxyl groups is 1. The Morgan fingerprint density at radius 2 is 2.14 bits per heavy atom. The van der Waals surface area contributed by atoms with Crippen LogP contribution >= 0.6 is 0 Å². The number of morpholine rings is 1. The van der Waals surface area contributed by atoms with E-state index in [2.05, 4.69) is 0 Å². The molecule has 1 amide bonds. The lowest BCUT2D eigenvalue weighted by Crippen LogP contribution is -2.53. The molecule has 2 atom stereocenters. The molecule has 1 aromatic carbocycles. The molecule has 1 saturated heterocycles. The maximum absolute atomic E-state index is 12.9. The molecule has 0 saturated carbocycles. The maximum Gasteiger partial charge on any atom is 0.252 e. The average Bonchev–Trinajstić information content (AvgIpc) is 2.49. The summed E-state index contributed by atoms with van der Waals surface area (Å²) in [5.74, 6) is -0.377. The number of benzene rings is 1. The Kier molecular flexibility index (Phi) is 5.70. The van der Waals surface area contributed by atoms with Crippen LogP contribution in [0.2, 0.25) is 0 Å². The van der Waals surface area contributed by atoms with Crippen LogP contribution in [0, 0.1) is 5.82 Å². The number of carbonyl (C=O) groups is 1. The fourth-order valence-corrected chi connectivity index (χ4v) is 2.68. The Labute approximate surface area is 124 Å². The molecule has 5 heteroatoms. The summed E-state index contributed by atoms with van der Waals surface area (Å²) in [6.45, 7) is 2.99. The number of nitrogens with zero attached hydrogens (tertiary/aromatic N) is 1. The molecular formula is C16H22FNO3. The zero-order valence-electron chi connectivity index (χ0n) is 12.3. The number of ether oxygens (including phenoxy) is 1. The first-order valence-corrected chi connectivity index (χ1v) is 7.43. The third-order valence-corrected chi connectivity index (χ3v) is 3.82. The molecule has 1 N–H and O–H groups in total. The minimum absolute atomic E-state index is 0.0250. The van der Waals surface area contributed by atoms with E-state index in [4.69, 9.17) is 4.74 Å². The highest BCUT2D eigenvalue weighted by Gasteiger charge is 2.33. The van der Waals surface area contributed by atoms with Gasteiger partial charge in [0, 0.05) is 13.0 Å². The Morgan fingerprint density at radius 3 is 2.76 bits per heavy atom. The van der Waals surface area contributed by atoms with Crippen molar-refractivity contribution in [3.8, 4) is 0 Å². The van der Waals surface area contributed by atoms with Crippen LogP contribution in [0.4, 0.5) is 4.39 Å². The first-order chi connectivity index (χ1) is 10.2. The molecule has 0 spiro atoms. The highest BCUT2D eigenvalue weighted by atomic mass is 19.1. The lowest BCUT2D eigenvalue weighted by molar-refractivity contribution is -0.157. The summed E-state index contributed by atoms with van der Waals surface area (Å²) in [6.07, 6.45) is 1.58. The van der Waals surface area contributed by atoms with Gasteiger partial charge >= 0.3 is 0 Å². The normalized spacial score (nSPS) is 20.6. The Hall–Kier alpha value is -1.46. The molecule has 0 bridgehead atoms. The summed E-state index contributed by atoms with van der Waals surface area (Å²) in [4.78, 5) is 14.2. The molecule has 1 aliphatic heterocycles. The second kappa shape index (κ2) is 7.52. The van der Waals surface area contributed by atoms with E-state index in [0.29, 0.717) is 19.6 Å². The summed E-state index contributed by atoms with van der Waals surface area (Å²) in [5.41, 5.74) is 0.868. The molecule has 1 aliphatic rings. The van der Waals surface area contributed by atoms with Gasteiger partial charge in [0.2, 0.25) is 0 Å². The van der Waals surface area contributed by atoms with Gasteiger partial charge in [-0.25, -0.2) is 4.39 Å². The summed E-state index contributed by atoms with van der Waals surface area (Å²) >= 11 is 0. The van der Waals surface area contributed by atoms with Gasteiger partial charge in [-0.2, -0.15) is 0 Å². The number of halogens is 1. The molecular weight excluding hydrogens is 273 g/mol. The summed E-state index contributed by atoms with van der Waals surface area (Å²) in [5, 5.41) is 9.46. The molecule has 0 aromatic heterocycles. The van der Waals surface area contributed by atoms with Crippen LogP contribution in [0.3, 0.4) is 0 Å². The number of aliphatic hydroxyl groups excluding tert-OH is 1. The van der Waals surface area contributed by atoms with E-state index in [1.54, 1.807) is 17.0 Å². The molecule has 0 aliphatic carbocycles. The van der Waals surface area contributed by atoms with Gasteiger partial charge in [-0.1, -0.05) is 25.5 Å². The summed E-state index contributed by atoms with van der Waals surface area (Å²) in [6, 6.07) is 5.96. The van der Waals surface area contributed by atoms with Crippen LogP contribution in [-0.4, -0.2) is 47.8 Å². The van der Waals surface area contributed by atoms with Crippen molar-refractivity contribution in [1.82, 2.24) is 4.90 Å². The average molecular weight is 295 g/mol. The third kappa shape index (κ3) is 4.02. The summed E-state index contributed by atoms with van der Waals surface area (Å²) in [7, 11) is 0. The number of amides is 1. The van der Waals surface area contributed by atoms with Crippen LogP contribution in [0.5, 0.6) is 0 Å². The number of hydrogen-bond acceptors (Lipinski definition) is 3. The van der Waals surface area contributed by atoms with Gasteiger partial charge in [-0.05, 0) is 24.1 Å². The second-order valence-corrected chi connectivity index (χ2v) is 5.35. The van der Waals surface area contributed by atoms with E-state index >= 15 is 0 Å². The van der Waals surface area contributed by atoms with Crippen molar-refractivity contribution < 1.29 is 19.0 Å². The highest BCUT2D eigenvalue weighted by Crippen LogP contribution is 2.17. The zero-order chi connectivity index (χ0) is 15.2. The van der Waals surface area contributed by atoms with E-state index in [1.807, 2.05) is 6.92 Å². The molecule has 0 unspecified atom stereocenters. The zero-order valence-corrected chi connectivity index (χ0v) is 12.3. The quantitative estimate of drug-likeness (QED) is 0.870. The Bertz CT molecular complexity index is 463. The van der Waals surface area contributed by atoms with Gasteiger partial charge in [0.05, 0.1) is 19.3 Å². The first-order valence-electron chi connectivity index (χ1n) is 7.43. The standard InChI is InChI=1S/C16H22FNO3/c1-2-3-14(11-19)18-8-9-21-15(16(18)20)10-12-4-6-13(17)7-5-12/h4-7,14-15,19H,2-3,8-11H2,1H3/t14-,15+/m0/s1. The van der Waals surface area contributed by atoms with E-state index < -0.39 is 6.10 Å². The van der Waals surface area contributed by atoms with Crippen molar-refractivity contribution in [3.05, 3.63) is 35.6 Å². The first kappa shape index (κ1) is 15.9. The van der Waals surface area contributed by atoms with Gasteiger partial charge in [0.25, 0.3) is 5.91 Å². The molecule has 1 heterocycles. The van der Waals surface area contributed by atoms with Crippen molar-refractivity contribution >= 4 is 5.91 Å². The molecule has 2 rings (SSSR count). The molecule has 21 heavy (non-hydrogen) atoms. The molecule has 116 valence electrons. The minimum atomic E-state index is -0.546. The predicted octanol–water partition coefficient (Wildman–Crippen LogP) is 1.76. The topological polar surface area (TPSA) is 49.8 Å². The van der Waals surface area contributed by atoms with E-state index in [9.17, 15) is 14.3 Å². The van der Waals surface area contributed by atoms with Gasteiger partial charge in [-0.15, -0.1) is 0 Å². The Balaban J connectivity index is 2.03. The number of rotatable bonds is 6. The smallest absolute Gasteiger partial charge is 0.252 e. The van der Waals surface area contributed by atoms with Crippen LogP contribution < -0.4 is 0 Å². The third-order valence-electron chi connectivity index (χ3n) is 3.82. The molecule has 1 fully saturated rings. The van der Waals surface area contributed by atoms with Crippen LogP contribution in [0.25, 0.3) is 0 Å². The lowest BCUT2D eigenvalue weighted by atomic mass is 10.0. The van der Waals surface area contributed by atoms with Gasteiger partial charge < -0.3 is 14.7 Å². The summed E-state index contributed by atoms with van der Waals surface area (Å²) < 4.78 is 18.5. The van der Waals surface area contributed by atoms with Gasteiger partial charge in [-0.3, -0.25) is 4.79 Å². The number of carbonyl (C=O) groups excluding carboxylic acids is 1. The number of hydrogen-bond donors (Lipinski definition) is 1. The SMILES string of the molecule is CCC[C@@H](CO)N1CCO[C@H](Cc2ccc(F)cc2)C1=O. The predicted molar refractivity (Wildman–Crippen MR) is 77.3 cm³/mol. The van der Waals surface area contributed by atoms with Crippen LogP contribution in [0.1, 0.15) is 25.3 Å². The highest BCUT2D eigenvalue weighted by molar-refractivity contribution is 5.82.